The summed E-state index contributed by atoms with van der Waals surface area (Å²) < 4.78 is 33.3. The Bertz CT molecular complexity index is 1590. The summed E-state index contributed by atoms with van der Waals surface area (Å²) in [5.41, 5.74) is 3.56. The SMILES string of the molecule is COCCS(=O)(=O)N1CCC(CNc2nc3cnc(-c4c(C)ncnc4C4CC4)nc3n(C(C)C3CC3)c2=O)CC1. The molecule has 2 saturated carbocycles. The van der Waals surface area contributed by atoms with Crippen molar-refractivity contribution in [2.45, 2.75) is 64.3 Å². The number of rotatable bonds is 11. The van der Waals surface area contributed by atoms with Crippen LogP contribution < -0.4 is 10.9 Å². The van der Waals surface area contributed by atoms with Gasteiger partial charge in [-0.3, -0.25) is 9.36 Å². The van der Waals surface area contributed by atoms with E-state index in [2.05, 4.69) is 32.2 Å². The fraction of sp³-hybridized carbons (Fsp3) is 0.643. The Morgan fingerprint density at radius 3 is 2.51 bits per heavy atom. The van der Waals surface area contributed by atoms with E-state index in [0.717, 1.165) is 42.6 Å². The Kier molecular flexibility index (Phi) is 7.77. The van der Waals surface area contributed by atoms with Gasteiger partial charge in [-0.2, -0.15) is 0 Å². The van der Waals surface area contributed by atoms with E-state index < -0.39 is 10.0 Å². The molecule has 0 spiro atoms. The monoisotopic (exact) mass is 582 g/mol. The number of fused-ring (bicyclic) bond motifs is 1. The molecule has 1 N–H and O–H groups in total. The smallest absolute Gasteiger partial charge is 0.295 e. The van der Waals surface area contributed by atoms with Crippen LogP contribution in [-0.4, -0.2) is 81.3 Å². The van der Waals surface area contributed by atoms with E-state index >= 15 is 0 Å². The van der Waals surface area contributed by atoms with Crippen molar-refractivity contribution in [2.24, 2.45) is 11.8 Å². The van der Waals surface area contributed by atoms with E-state index in [1.54, 1.807) is 21.4 Å². The minimum absolute atomic E-state index is 0.00527. The van der Waals surface area contributed by atoms with E-state index in [1.807, 2.05) is 6.92 Å². The summed E-state index contributed by atoms with van der Waals surface area (Å²) in [6.45, 7) is 5.69. The van der Waals surface area contributed by atoms with E-state index in [-0.39, 0.29) is 35.7 Å². The van der Waals surface area contributed by atoms with Crippen LogP contribution in [0, 0.1) is 18.8 Å². The Morgan fingerprint density at radius 1 is 1.07 bits per heavy atom. The van der Waals surface area contributed by atoms with Gasteiger partial charge in [0.1, 0.15) is 11.8 Å². The molecule has 0 bridgehead atoms. The highest BCUT2D eigenvalue weighted by atomic mass is 32.2. The summed E-state index contributed by atoms with van der Waals surface area (Å²) in [4.78, 5) is 37.1. The normalized spacial score (nSPS) is 19.5. The minimum atomic E-state index is -3.31. The Morgan fingerprint density at radius 2 is 1.83 bits per heavy atom. The third-order valence-electron chi connectivity index (χ3n) is 8.67. The molecule has 0 amide bonds. The number of hydrogen-bond donors (Lipinski definition) is 1. The molecule has 1 atom stereocenters. The van der Waals surface area contributed by atoms with E-state index in [1.165, 1.54) is 7.11 Å². The quantitative estimate of drug-likeness (QED) is 0.358. The van der Waals surface area contributed by atoms with Crippen LogP contribution >= 0.6 is 0 Å². The minimum Gasteiger partial charge on any atom is -0.384 e. The van der Waals surface area contributed by atoms with Gasteiger partial charge in [0.15, 0.2) is 17.3 Å². The molecule has 0 radical (unpaired) electrons. The van der Waals surface area contributed by atoms with Crippen molar-refractivity contribution in [1.29, 1.82) is 0 Å². The maximum Gasteiger partial charge on any atom is 0.295 e. The van der Waals surface area contributed by atoms with Gasteiger partial charge >= 0.3 is 0 Å². The van der Waals surface area contributed by atoms with Crippen LogP contribution in [0.3, 0.4) is 0 Å². The summed E-state index contributed by atoms with van der Waals surface area (Å²) in [6.07, 6.45) is 9.09. The first-order chi connectivity index (χ1) is 19.8. The van der Waals surface area contributed by atoms with Gasteiger partial charge in [-0.05, 0) is 64.2 Å². The van der Waals surface area contributed by atoms with Crippen LogP contribution in [-0.2, 0) is 14.8 Å². The van der Waals surface area contributed by atoms with Crippen LogP contribution in [0.15, 0.2) is 17.3 Å². The van der Waals surface area contributed by atoms with Crippen molar-refractivity contribution in [2.75, 3.05) is 44.4 Å². The number of anilines is 1. The van der Waals surface area contributed by atoms with Crippen molar-refractivity contribution < 1.29 is 13.2 Å². The highest BCUT2D eigenvalue weighted by Gasteiger charge is 2.34. The molecule has 0 aromatic carbocycles. The fourth-order valence-electron chi connectivity index (χ4n) is 5.79. The molecule has 1 unspecified atom stereocenters. The first kappa shape index (κ1) is 28.1. The second-order valence-corrected chi connectivity index (χ2v) is 13.7. The van der Waals surface area contributed by atoms with E-state index in [9.17, 15) is 13.2 Å². The molecule has 41 heavy (non-hydrogen) atoms. The number of hydrogen-bond acceptors (Lipinski definition) is 10. The van der Waals surface area contributed by atoms with Gasteiger partial charge in [-0.25, -0.2) is 37.6 Å². The van der Waals surface area contributed by atoms with E-state index in [4.69, 9.17) is 9.72 Å². The van der Waals surface area contributed by atoms with Gasteiger partial charge in [0.25, 0.3) is 5.56 Å². The summed E-state index contributed by atoms with van der Waals surface area (Å²) in [5.74, 6) is 1.88. The lowest BCUT2D eigenvalue weighted by molar-refractivity contribution is 0.213. The third-order valence-corrected chi connectivity index (χ3v) is 10.5. The number of methoxy groups -OCH3 is 1. The predicted molar refractivity (Wildman–Crippen MR) is 155 cm³/mol. The number of nitrogens with one attached hydrogen (secondary N) is 1. The molecule has 1 saturated heterocycles. The third kappa shape index (κ3) is 5.84. The van der Waals surface area contributed by atoms with Crippen molar-refractivity contribution in [1.82, 2.24) is 33.8 Å². The van der Waals surface area contributed by atoms with Crippen LogP contribution in [0.2, 0.25) is 0 Å². The van der Waals surface area contributed by atoms with Gasteiger partial charge in [0.2, 0.25) is 10.0 Å². The van der Waals surface area contributed by atoms with Crippen LogP contribution in [0.5, 0.6) is 0 Å². The zero-order valence-corrected chi connectivity index (χ0v) is 24.7. The first-order valence-electron chi connectivity index (χ1n) is 14.6. The van der Waals surface area contributed by atoms with Crippen molar-refractivity contribution in [3.05, 3.63) is 34.3 Å². The lowest BCUT2D eigenvalue weighted by Crippen LogP contribution is -2.41. The van der Waals surface area contributed by atoms with E-state index in [0.29, 0.717) is 61.3 Å². The maximum atomic E-state index is 13.9. The van der Waals surface area contributed by atoms with Crippen molar-refractivity contribution in [3.8, 4) is 11.4 Å². The van der Waals surface area contributed by atoms with Gasteiger partial charge in [0, 0.05) is 38.7 Å². The number of sulfonamides is 1. The number of nitrogens with zero attached hydrogens (tertiary/aromatic N) is 7. The molecule has 3 fully saturated rings. The van der Waals surface area contributed by atoms with Gasteiger partial charge in [-0.1, -0.05) is 0 Å². The standard InChI is InChI=1S/C28H38N8O4S/c1-17-23(24(21-6-7-21)32-16-31-17)25-30-15-22-27(34-25)36(18(2)20-4-5-20)28(37)26(33-22)29-14-19-8-10-35(11-9-19)41(38,39)13-12-40-3/h15-16,18-21H,4-14H2,1-3H3,(H,29,33). The second kappa shape index (κ2) is 11.3. The lowest BCUT2D eigenvalue weighted by Gasteiger charge is -2.31. The number of aromatic nitrogens is 6. The average molecular weight is 583 g/mol. The highest BCUT2D eigenvalue weighted by molar-refractivity contribution is 7.89. The molecule has 1 aliphatic heterocycles. The highest BCUT2D eigenvalue weighted by Crippen LogP contribution is 2.43. The van der Waals surface area contributed by atoms with Crippen LogP contribution in [0.4, 0.5) is 5.82 Å². The predicted octanol–water partition coefficient (Wildman–Crippen LogP) is 2.90. The average Bonchev–Trinajstić information content (AvgIpc) is 3.88. The summed E-state index contributed by atoms with van der Waals surface area (Å²) >= 11 is 0. The molecule has 3 aromatic heterocycles. The molecule has 3 aliphatic rings. The Hall–Kier alpha value is -3.03. The van der Waals surface area contributed by atoms with Crippen molar-refractivity contribution >= 4 is 27.0 Å². The number of ether oxygens (including phenoxy) is 1. The molecule has 220 valence electrons. The largest absolute Gasteiger partial charge is 0.384 e. The maximum absolute atomic E-state index is 13.9. The molecule has 2 aliphatic carbocycles. The molecule has 12 nitrogen and oxygen atoms in total. The summed E-state index contributed by atoms with van der Waals surface area (Å²) in [5, 5.41) is 3.30. The fourth-order valence-corrected chi connectivity index (χ4v) is 7.19. The molecule has 4 heterocycles. The lowest BCUT2D eigenvalue weighted by atomic mass is 9.98. The van der Waals surface area contributed by atoms with Crippen LogP contribution in [0.25, 0.3) is 22.6 Å². The Balaban J connectivity index is 1.26. The van der Waals surface area contributed by atoms with Crippen LogP contribution in [0.1, 0.15) is 68.8 Å². The molecule has 3 aromatic rings. The summed E-state index contributed by atoms with van der Waals surface area (Å²) in [6, 6.07) is -0.0205. The molecule has 6 rings (SSSR count). The zero-order valence-electron chi connectivity index (χ0n) is 23.9. The van der Waals surface area contributed by atoms with Gasteiger partial charge in [0.05, 0.1) is 35.5 Å². The first-order valence-corrected chi connectivity index (χ1v) is 16.2. The van der Waals surface area contributed by atoms with Gasteiger partial charge in [-0.15, -0.1) is 0 Å². The summed E-state index contributed by atoms with van der Waals surface area (Å²) in [7, 11) is -1.81. The zero-order chi connectivity index (χ0) is 28.7. The second-order valence-electron chi connectivity index (χ2n) is 11.6. The number of aryl methyl sites for hydroxylation is 1. The topological polar surface area (TPSA) is 145 Å². The van der Waals surface area contributed by atoms with Gasteiger partial charge < -0.3 is 10.1 Å². The van der Waals surface area contributed by atoms with Crippen molar-refractivity contribution in [3.63, 3.8) is 0 Å². The molecule has 13 heteroatoms. The number of piperidine rings is 1. The Labute approximate surface area is 240 Å². The molecular weight excluding hydrogens is 544 g/mol. The molecular formula is C28H38N8O4S.